The molecule has 1 N–H and O–H groups in total. The summed E-state index contributed by atoms with van der Waals surface area (Å²) in [6, 6.07) is 13.7. The molecule has 128 valence electrons. The van der Waals surface area contributed by atoms with Crippen molar-refractivity contribution in [1.29, 1.82) is 0 Å². The Morgan fingerprint density at radius 1 is 1.16 bits per heavy atom. The van der Waals surface area contributed by atoms with Gasteiger partial charge in [0.15, 0.2) is 5.16 Å². The van der Waals surface area contributed by atoms with E-state index >= 15 is 0 Å². The summed E-state index contributed by atoms with van der Waals surface area (Å²) in [5.74, 6) is 0.266. The summed E-state index contributed by atoms with van der Waals surface area (Å²) in [5.41, 5.74) is 3.09. The molecule has 0 bridgehead atoms. The molecule has 0 spiro atoms. The minimum absolute atomic E-state index is 0.0394. The molecule has 25 heavy (non-hydrogen) atoms. The summed E-state index contributed by atoms with van der Waals surface area (Å²) >= 11 is 1.42. The maximum atomic E-state index is 12.2. The lowest BCUT2D eigenvalue weighted by molar-refractivity contribution is -0.119. The highest BCUT2D eigenvalue weighted by Crippen LogP contribution is 2.22. The van der Waals surface area contributed by atoms with Crippen molar-refractivity contribution in [1.82, 2.24) is 19.9 Å². The Morgan fingerprint density at radius 3 is 2.72 bits per heavy atom. The number of aryl methyl sites for hydroxylation is 1. The summed E-state index contributed by atoms with van der Waals surface area (Å²) in [6.07, 6.45) is 5.40. The van der Waals surface area contributed by atoms with Crippen molar-refractivity contribution in [3.63, 3.8) is 0 Å². The van der Waals surface area contributed by atoms with Crippen LogP contribution in [0.4, 0.5) is 0 Å². The molecule has 1 unspecified atom stereocenters. The number of carbonyl (C=O) groups is 1. The molecule has 5 nitrogen and oxygen atoms in total. The first-order chi connectivity index (χ1) is 12.1. The summed E-state index contributed by atoms with van der Waals surface area (Å²) in [7, 11) is 0. The van der Waals surface area contributed by atoms with E-state index in [0.717, 1.165) is 22.1 Å². The van der Waals surface area contributed by atoms with E-state index in [4.69, 9.17) is 0 Å². The first-order valence-electron chi connectivity index (χ1n) is 8.07. The standard InChI is InChI=1S/C19H20N4OS/c1-14-7-3-4-9-17(14)23-12-11-21-19(23)25-13-18(24)22-15(2)16-8-5-6-10-20-16/h3-12,15H,13H2,1-2H3,(H,22,24). The number of pyridine rings is 1. The van der Waals surface area contributed by atoms with Crippen molar-refractivity contribution >= 4 is 17.7 Å². The van der Waals surface area contributed by atoms with Crippen LogP contribution in [0.25, 0.3) is 5.69 Å². The maximum absolute atomic E-state index is 12.2. The van der Waals surface area contributed by atoms with Crippen LogP contribution in [0.3, 0.4) is 0 Å². The number of carbonyl (C=O) groups excluding carboxylic acids is 1. The predicted octanol–water partition coefficient (Wildman–Crippen LogP) is 3.55. The third-order valence-electron chi connectivity index (χ3n) is 3.82. The molecule has 0 saturated carbocycles. The van der Waals surface area contributed by atoms with E-state index in [-0.39, 0.29) is 11.9 Å². The molecule has 1 amide bonds. The average molecular weight is 352 g/mol. The number of aromatic nitrogens is 3. The lowest BCUT2D eigenvalue weighted by atomic mass is 10.2. The van der Waals surface area contributed by atoms with Gasteiger partial charge in [0, 0.05) is 18.6 Å². The zero-order chi connectivity index (χ0) is 17.6. The highest BCUT2D eigenvalue weighted by molar-refractivity contribution is 7.99. The number of hydrogen-bond acceptors (Lipinski definition) is 4. The van der Waals surface area contributed by atoms with Gasteiger partial charge < -0.3 is 5.32 Å². The molecule has 2 heterocycles. The van der Waals surface area contributed by atoms with Crippen LogP contribution >= 0.6 is 11.8 Å². The van der Waals surface area contributed by atoms with E-state index in [1.54, 1.807) is 12.4 Å². The second kappa shape index (κ2) is 7.98. The van der Waals surface area contributed by atoms with Gasteiger partial charge in [0.05, 0.1) is 23.2 Å². The van der Waals surface area contributed by atoms with E-state index in [0.29, 0.717) is 5.75 Å². The van der Waals surface area contributed by atoms with Gasteiger partial charge in [0.25, 0.3) is 0 Å². The lowest BCUT2D eigenvalue weighted by Crippen LogP contribution is -2.28. The Labute approximate surface area is 151 Å². The first kappa shape index (κ1) is 17.2. The Morgan fingerprint density at radius 2 is 1.96 bits per heavy atom. The van der Waals surface area contributed by atoms with Gasteiger partial charge >= 0.3 is 0 Å². The van der Waals surface area contributed by atoms with Gasteiger partial charge in [-0.05, 0) is 37.6 Å². The highest BCUT2D eigenvalue weighted by Gasteiger charge is 2.13. The molecule has 0 aliphatic heterocycles. The Kier molecular flexibility index (Phi) is 5.50. The SMILES string of the molecule is Cc1ccccc1-n1ccnc1SCC(=O)NC(C)c1ccccn1. The third kappa shape index (κ3) is 4.28. The molecule has 1 atom stereocenters. The Bertz CT molecular complexity index is 847. The van der Waals surface area contributed by atoms with Crippen molar-refractivity contribution < 1.29 is 4.79 Å². The first-order valence-corrected chi connectivity index (χ1v) is 9.06. The highest BCUT2D eigenvalue weighted by atomic mass is 32.2. The smallest absolute Gasteiger partial charge is 0.231 e. The molecule has 0 aliphatic rings. The van der Waals surface area contributed by atoms with Crippen LogP contribution in [0.5, 0.6) is 0 Å². The van der Waals surface area contributed by atoms with Crippen LogP contribution in [-0.4, -0.2) is 26.2 Å². The van der Waals surface area contributed by atoms with Gasteiger partial charge in [-0.25, -0.2) is 4.98 Å². The number of nitrogens with zero attached hydrogens (tertiary/aromatic N) is 3. The van der Waals surface area contributed by atoms with Crippen LogP contribution in [-0.2, 0) is 4.79 Å². The monoisotopic (exact) mass is 352 g/mol. The molecule has 6 heteroatoms. The normalized spacial score (nSPS) is 11.9. The number of amides is 1. The zero-order valence-electron chi connectivity index (χ0n) is 14.2. The number of imidazole rings is 1. The third-order valence-corrected chi connectivity index (χ3v) is 4.79. The van der Waals surface area contributed by atoms with Crippen LogP contribution < -0.4 is 5.32 Å². The molecule has 0 saturated heterocycles. The summed E-state index contributed by atoms with van der Waals surface area (Å²) in [4.78, 5) is 20.9. The van der Waals surface area contributed by atoms with Crippen molar-refractivity contribution in [2.24, 2.45) is 0 Å². The van der Waals surface area contributed by atoms with Crippen LogP contribution in [0.2, 0.25) is 0 Å². The Hall–Kier alpha value is -2.60. The molecule has 1 aromatic carbocycles. The fourth-order valence-corrected chi connectivity index (χ4v) is 3.31. The van der Waals surface area contributed by atoms with Gasteiger partial charge in [0.2, 0.25) is 5.91 Å². The van der Waals surface area contributed by atoms with Crippen LogP contribution in [0.1, 0.15) is 24.2 Å². The number of para-hydroxylation sites is 1. The molecule has 0 aliphatic carbocycles. The molecular formula is C19H20N4OS. The summed E-state index contributed by atoms with van der Waals surface area (Å²) in [5, 5.41) is 3.77. The number of thioether (sulfide) groups is 1. The molecule has 0 radical (unpaired) electrons. The summed E-state index contributed by atoms with van der Waals surface area (Å²) in [6.45, 7) is 3.99. The second-order valence-electron chi connectivity index (χ2n) is 5.70. The second-order valence-corrected chi connectivity index (χ2v) is 6.64. The van der Waals surface area contributed by atoms with Gasteiger partial charge in [0.1, 0.15) is 0 Å². The number of rotatable bonds is 6. The van der Waals surface area contributed by atoms with Crippen molar-refractivity contribution in [3.05, 3.63) is 72.3 Å². The minimum Gasteiger partial charge on any atom is -0.347 e. The number of hydrogen-bond donors (Lipinski definition) is 1. The van der Waals surface area contributed by atoms with Crippen LogP contribution in [0.15, 0.2) is 66.2 Å². The largest absolute Gasteiger partial charge is 0.347 e. The summed E-state index contributed by atoms with van der Waals surface area (Å²) < 4.78 is 2.01. The molecule has 2 aromatic heterocycles. The molecule has 0 fully saturated rings. The predicted molar refractivity (Wildman–Crippen MR) is 99.8 cm³/mol. The van der Waals surface area contributed by atoms with Crippen LogP contribution in [0, 0.1) is 6.92 Å². The van der Waals surface area contributed by atoms with Gasteiger partial charge in [-0.3, -0.25) is 14.3 Å². The van der Waals surface area contributed by atoms with E-state index in [9.17, 15) is 4.79 Å². The number of benzene rings is 1. The lowest BCUT2D eigenvalue weighted by Gasteiger charge is -2.13. The maximum Gasteiger partial charge on any atom is 0.231 e. The minimum atomic E-state index is -0.120. The zero-order valence-corrected chi connectivity index (χ0v) is 15.0. The molecule has 3 rings (SSSR count). The van der Waals surface area contributed by atoms with Gasteiger partial charge in [-0.15, -0.1) is 0 Å². The van der Waals surface area contributed by atoms with Crippen molar-refractivity contribution in [3.8, 4) is 5.69 Å². The van der Waals surface area contributed by atoms with E-state index in [1.807, 2.05) is 54.1 Å². The molecular weight excluding hydrogens is 332 g/mol. The van der Waals surface area contributed by atoms with E-state index < -0.39 is 0 Å². The average Bonchev–Trinajstić information content (AvgIpc) is 3.09. The van der Waals surface area contributed by atoms with Crippen molar-refractivity contribution in [2.75, 3.05) is 5.75 Å². The fraction of sp³-hybridized carbons (Fsp3) is 0.211. The van der Waals surface area contributed by atoms with E-state index in [2.05, 4.69) is 28.3 Å². The quantitative estimate of drug-likeness (QED) is 0.689. The number of nitrogens with one attached hydrogen (secondary N) is 1. The van der Waals surface area contributed by atoms with E-state index in [1.165, 1.54) is 11.8 Å². The van der Waals surface area contributed by atoms with Gasteiger partial charge in [-0.1, -0.05) is 36.0 Å². The van der Waals surface area contributed by atoms with Crippen molar-refractivity contribution in [2.45, 2.75) is 25.0 Å². The van der Waals surface area contributed by atoms with Gasteiger partial charge in [-0.2, -0.15) is 0 Å². The fourth-order valence-electron chi connectivity index (χ4n) is 2.53. The molecule has 3 aromatic rings. The topological polar surface area (TPSA) is 59.8 Å². The Balaban J connectivity index is 1.62.